The molecular formula is C21H28F3NO5. The van der Waals surface area contributed by atoms with Crippen LogP contribution in [0.2, 0.25) is 0 Å². The zero-order chi connectivity index (χ0) is 22.7. The lowest BCUT2D eigenvalue weighted by Crippen LogP contribution is -2.43. The number of nitrogens with one attached hydrogen (secondary N) is 1. The summed E-state index contributed by atoms with van der Waals surface area (Å²) in [5.74, 6) is 0.0816. The average Bonchev–Trinajstić information content (AvgIpc) is 3.11. The second kappa shape index (κ2) is 9.16. The SMILES string of the molecule is CC(C)C[C@@H](NC(=O)OC(C)(C)C)C(O)c1ccc(C(F)(F)F)cc1C1OC=CO1. The van der Waals surface area contributed by atoms with Gasteiger partial charge in [-0.05, 0) is 50.8 Å². The topological polar surface area (TPSA) is 77.0 Å². The van der Waals surface area contributed by atoms with Crippen molar-refractivity contribution in [1.29, 1.82) is 0 Å². The summed E-state index contributed by atoms with van der Waals surface area (Å²) in [6, 6.07) is 2.14. The van der Waals surface area contributed by atoms with E-state index in [0.717, 1.165) is 12.1 Å². The van der Waals surface area contributed by atoms with Crippen molar-refractivity contribution >= 4 is 6.09 Å². The number of alkyl halides is 3. The molecule has 2 N–H and O–H groups in total. The van der Waals surface area contributed by atoms with E-state index in [2.05, 4.69) is 5.32 Å². The van der Waals surface area contributed by atoms with E-state index >= 15 is 0 Å². The van der Waals surface area contributed by atoms with Gasteiger partial charge in [-0.1, -0.05) is 19.9 Å². The first kappa shape index (κ1) is 23.9. The normalized spacial score (nSPS) is 16.7. The van der Waals surface area contributed by atoms with E-state index in [1.807, 2.05) is 13.8 Å². The Hall–Kier alpha value is -2.42. The van der Waals surface area contributed by atoms with Gasteiger partial charge in [-0.15, -0.1) is 0 Å². The number of carbonyl (C=O) groups excluding carboxylic acids is 1. The lowest BCUT2D eigenvalue weighted by atomic mass is 9.90. The molecule has 6 nitrogen and oxygen atoms in total. The second-order valence-corrected chi connectivity index (χ2v) is 8.54. The summed E-state index contributed by atoms with van der Waals surface area (Å²) in [5, 5.41) is 13.7. The zero-order valence-corrected chi connectivity index (χ0v) is 17.6. The summed E-state index contributed by atoms with van der Waals surface area (Å²) in [4.78, 5) is 12.3. The Kier molecular flexibility index (Phi) is 7.28. The van der Waals surface area contributed by atoms with Crippen LogP contribution in [0.25, 0.3) is 0 Å². The van der Waals surface area contributed by atoms with Crippen LogP contribution in [0.5, 0.6) is 0 Å². The van der Waals surface area contributed by atoms with E-state index in [4.69, 9.17) is 14.2 Å². The van der Waals surface area contributed by atoms with Gasteiger partial charge in [0.15, 0.2) is 0 Å². The Balaban J connectivity index is 2.37. The third-order valence-corrected chi connectivity index (χ3v) is 4.26. The fourth-order valence-corrected chi connectivity index (χ4v) is 3.06. The smallest absolute Gasteiger partial charge is 0.416 e. The fraction of sp³-hybridized carbons (Fsp3) is 0.571. The molecule has 0 spiro atoms. The third kappa shape index (κ3) is 6.55. The van der Waals surface area contributed by atoms with Crippen molar-refractivity contribution in [3.63, 3.8) is 0 Å². The molecular weight excluding hydrogens is 403 g/mol. The van der Waals surface area contributed by atoms with Gasteiger partial charge in [-0.3, -0.25) is 0 Å². The quantitative estimate of drug-likeness (QED) is 0.648. The minimum Gasteiger partial charge on any atom is -0.455 e. The lowest BCUT2D eigenvalue weighted by Gasteiger charge is -2.29. The molecule has 0 fully saturated rings. The zero-order valence-electron chi connectivity index (χ0n) is 17.6. The highest BCUT2D eigenvalue weighted by Crippen LogP contribution is 2.37. The number of carbonyl (C=O) groups is 1. The van der Waals surface area contributed by atoms with Crippen molar-refractivity contribution in [2.45, 2.75) is 71.3 Å². The fourth-order valence-electron chi connectivity index (χ4n) is 3.06. The van der Waals surface area contributed by atoms with Gasteiger partial charge in [0.25, 0.3) is 6.29 Å². The Morgan fingerprint density at radius 1 is 1.20 bits per heavy atom. The molecule has 0 saturated carbocycles. The highest BCUT2D eigenvalue weighted by Gasteiger charge is 2.35. The van der Waals surface area contributed by atoms with Gasteiger partial charge in [0, 0.05) is 5.56 Å². The largest absolute Gasteiger partial charge is 0.455 e. The summed E-state index contributed by atoms with van der Waals surface area (Å²) in [5.41, 5.74) is -1.44. The molecule has 30 heavy (non-hydrogen) atoms. The number of amides is 1. The Morgan fingerprint density at radius 2 is 1.80 bits per heavy atom. The van der Waals surface area contributed by atoms with Crippen molar-refractivity contribution in [3.05, 3.63) is 47.4 Å². The maximum atomic E-state index is 13.2. The minimum atomic E-state index is -4.57. The molecule has 0 bridgehead atoms. The third-order valence-electron chi connectivity index (χ3n) is 4.26. The number of hydrogen-bond donors (Lipinski definition) is 2. The number of alkyl carbamates (subject to hydrolysis) is 1. The number of ether oxygens (including phenoxy) is 3. The van der Waals surface area contributed by atoms with Crippen molar-refractivity contribution in [1.82, 2.24) is 5.32 Å². The maximum Gasteiger partial charge on any atom is 0.416 e. The van der Waals surface area contributed by atoms with E-state index in [-0.39, 0.29) is 17.0 Å². The molecule has 1 amide bonds. The average molecular weight is 431 g/mol. The van der Waals surface area contributed by atoms with Crippen LogP contribution in [0.4, 0.5) is 18.0 Å². The number of rotatable bonds is 6. The van der Waals surface area contributed by atoms with Crippen molar-refractivity contribution in [2.75, 3.05) is 0 Å². The molecule has 0 radical (unpaired) electrons. The van der Waals surface area contributed by atoms with Gasteiger partial charge >= 0.3 is 12.3 Å². The maximum absolute atomic E-state index is 13.2. The van der Waals surface area contributed by atoms with Gasteiger partial charge < -0.3 is 24.6 Å². The van der Waals surface area contributed by atoms with Crippen LogP contribution in [0.3, 0.4) is 0 Å². The summed E-state index contributed by atoms with van der Waals surface area (Å²) in [7, 11) is 0. The van der Waals surface area contributed by atoms with Crippen LogP contribution in [0.15, 0.2) is 30.7 Å². The van der Waals surface area contributed by atoms with Crippen LogP contribution in [0, 0.1) is 5.92 Å². The molecule has 0 saturated heterocycles. The molecule has 168 valence electrons. The van der Waals surface area contributed by atoms with E-state index in [1.54, 1.807) is 20.8 Å². The highest BCUT2D eigenvalue weighted by molar-refractivity contribution is 5.68. The van der Waals surface area contributed by atoms with E-state index < -0.39 is 41.9 Å². The second-order valence-electron chi connectivity index (χ2n) is 8.54. The number of aliphatic hydroxyl groups is 1. The van der Waals surface area contributed by atoms with Gasteiger partial charge in [0.1, 0.15) is 18.1 Å². The molecule has 9 heteroatoms. The first-order valence-corrected chi connectivity index (χ1v) is 9.62. The van der Waals surface area contributed by atoms with E-state index in [9.17, 15) is 23.1 Å². The highest BCUT2D eigenvalue weighted by atomic mass is 19.4. The molecule has 1 aliphatic rings. The van der Waals surface area contributed by atoms with Gasteiger partial charge in [0.2, 0.25) is 0 Å². The van der Waals surface area contributed by atoms with Crippen LogP contribution in [-0.2, 0) is 20.4 Å². The predicted molar refractivity (Wildman–Crippen MR) is 103 cm³/mol. The molecule has 1 aromatic rings. The predicted octanol–water partition coefficient (Wildman–Crippen LogP) is 5.19. The van der Waals surface area contributed by atoms with Crippen molar-refractivity contribution < 1.29 is 37.3 Å². The summed E-state index contributed by atoms with van der Waals surface area (Å²) >= 11 is 0. The molecule has 1 heterocycles. The molecule has 2 atom stereocenters. The van der Waals surface area contributed by atoms with Crippen LogP contribution >= 0.6 is 0 Å². The summed E-state index contributed by atoms with van der Waals surface area (Å²) in [6.07, 6.45) is -4.95. The van der Waals surface area contributed by atoms with Gasteiger partial charge in [-0.25, -0.2) is 4.79 Å². The van der Waals surface area contributed by atoms with Crippen molar-refractivity contribution in [2.24, 2.45) is 5.92 Å². The first-order chi connectivity index (χ1) is 13.8. The number of hydrogen-bond acceptors (Lipinski definition) is 5. The lowest BCUT2D eigenvalue weighted by molar-refractivity contribution is -0.137. The summed E-state index contributed by atoms with van der Waals surface area (Å²) < 4.78 is 55.3. The molecule has 0 aliphatic carbocycles. The molecule has 0 aromatic heterocycles. The Labute approximate surface area is 174 Å². The standard InChI is InChI=1S/C21H28F3NO5/c1-12(2)10-16(25-19(27)30-20(3,4)5)17(26)14-7-6-13(21(22,23)24)11-15(14)18-28-8-9-29-18/h6-9,11-12,16-18,26H,10H2,1-5H3,(H,25,27)/t16-,17?/m1/s1. The van der Waals surface area contributed by atoms with Crippen LogP contribution < -0.4 is 5.32 Å². The number of aliphatic hydroxyl groups excluding tert-OH is 1. The van der Waals surface area contributed by atoms with Gasteiger partial charge in [-0.2, -0.15) is 13.2 Å². The molecule has 1 unspecified atom stereocenters. The molecule has 1 aromatic carbocycles. The number of halogens is 3. The number of benzene rings is 1. The Bertz CT molecular complexity index is 763. The minimum absolute atomic E-state index is 0.0297. The van der Waals surface area contributed by atoms with E-state index in [0.29, 0.717) is 6.42 Å². The van der Waals surface area contributed by atoms with Crippen LogP contribution in [-0.4, -0.2) is 22.8 Å². The summed E-state index contributed by atoms with van der Waals surface area (Å²) in [6.45, 7) is 8.91. The first-order valence-electron chi connectivity index (χ1n) is 9.62. The Morgan fingerprint density at radius 3 is 2.30 bits per heavy atom. The van der Waals surface area contributed by atoms with Crippen molar-refractivity contribution in [3.8, 4) is 0 Å². The van der Waals surface area contributed by atoms with E-state index in [1.165, 1.54) is 18.6 Å². The monoisotopic (exact) mass is 431 g/mol. The van der Waals surface area contributed by atoms with Gasteiger partial charge in [0.05, 0.1) is 17.7 Å². The van der Waals surface area contributed by atoms with Crippen LogP contribution in [0.1, 0.15) is 70.1 Å². The molecule has 1 aliphatic heterocycles. The molecule has 2 rings (SSSR count).